The zero-order chi connectivity index (χ0) is 44.5. The smallest absolute Gasteiger partial charge is 0.329 e. The number of ether oxygens (including phenoxy) is 1. The fourth-order valence-corrected chi connectivity index (χ4v) is 9.92. The van der Waals surface area contributed by atoms with E-state index in [9.17, 15) is 24.6 Å². The minimum atomic E-state index is -2.12. The van der Waals surface area contributed by atoms with Gasteiger partial charge in [0.25, 0.3) is 0 Å². The Bertz CT molecular complexity index is 2760. The zero-order valence-corrected chi connectivity index (χ0v) is 35.2. The molecule has 3 amide bonds. The number of aliphatic carboxylic acids is 1. The van der Waals surface area contributed by atoms with Crippen LogP contribution in [0, 0.1) is 17.8 Å². The average Bonchev–Trinajstić information content (AvgIpc) is 3.77. The Morgan fingerprint density at radius 2 is 1.39 bits per heavy atom. The van der Waals surface area contributed by atoms with Gasteiger partial charge in [0, 0.05) is 12.1 Å². The van der Waals surface area contributed by atoms with Crippen molar-refractivity contribution in [3.8, 4) is 17.6 Å². The van der Waals surface area contributed by atoms with Crippen LogP contribution in [-0.4, -0.2) is 63.5 Å². The first-order valence-corrected chi connectivity index (χ1v) is 21.2. The summed E-state index contributed by atoms with van der Waals surface area (Å²) in [7, 11) is 1.96. The highest BCUT2D eigenvalue weighted by atomic mass is 16.6. The van der Waals surface area contributed by atoms with Gasteiger partial charge in [-0.3, -0.25) is 24.2 Å². The number of anilines is 1. The fraction of sp³-hybridized carbons (Fsp3) is 0.208. The second-order valence-corrected chi connectivity index (χ2v) is 16.6. The number of phenolic OH excluding ortho intramolecular Hbond substituents is 1. The van der Waals surface area contributed by atoms with Crippen LogP contribution in [0.15, 0.2) is 164 Å². The lowest BCUT2D eigenvalue weighted by molar-refractivity contribution is -0.179. The summed E-state index contributed by atoms with van der Waals surface area (Å²) in [4.78, 5) is 64.9. The van der Waals surface area contributed by atoms with Gasteiger partial charge in [-0.15, -0.1) is 0 Å². The van der Waals surface area contributed by atoms with Gasteiger partial charge in [-0.25, -0.2) is 9.69 Å². The summed E-state index contributed by atoms with van der Waals surface area (Å²) in [6.07, 6.45) is -0.927. The van der Waals surface area contributed by atoms with Crippen molar-refractivity contribution >= 4 is 29.6 Å². The summed E-state index contributed by atoms with van der Waals surface area (Å²) in [6.45, 7) is 2.87. The van der Waals surface area contributed by atoms with Crippen LogP contribution in [0.3, 0.4) is 0 Å². The lowest BCUT2D eigenvalue weighted by Gasteiger charge is -2.46. The Labute approximate surface area is 371 Å². The first-order valence-electron chi connectivity index (χ1n) is 21.2. The molecule has 3 heterocycles. The van der Waals surface area contributed by atoms with Crippen LogP contribution in [0.4, 0.5) is 10.5 Å². The van der Waals surface area contributed by atoms with Crippen molar-refractivity contribution in [3.63, 3.8) is 0 Å². The number of nitrogens with one attached hydrogen (secondary N) is 1. The van der Waals surface area contributed by atoms with Crippen molar-refractivity contribution in [2.45, 2.75) is 49.2 Å². The SMILES string of the molecule is CC(NC(=O)N1C(=O)C2(c3cc(C#CCN(C)Cc4ccccc4)ccc31)C(C(=O)O)C1C(=O)OC(c3ccccc3)C(c3ccccc3)N1C2c1ccc(O)cc1)c1ccccc1. The summed E-state index contributed by atoms with van der Waals surface area (Å²) >= 11 is 0. The molecule has 2 saturated heterocycles. The third kappa shape index (κ3) is 7.36. The monoisotopic (exact) mass is 850 g/mol. The molecule has 0 bridgehead atoms. The van der Waals surface area contributed by atoms with E-state index in [0.29, 0.717) is 29.8 Å². The minimum Gasteiger partial charge on any atom is -0.508 e. The molecule has 7 unspecified atom stereocenters. The van der Waals surface area contributed by atoms with E-state index in [1.807, 2.05) is 133 Å². The number of aromatic hydroxyl groups is 1. The molecule has 0 radical (unpaired) electrons. The van der Waals surface area contributed by atoms with Crippen molar-refractivity contribution in [1.29, 1.82) is 0 Å². The number of cyclic esters (lactones) is 1. The Morgan fingerprint density at radius 3 is 2.03 bits per heavy atom. The maximum Gasteiger partial charge on any atom is 0.329 e. The molecule has 64 heavy (non-hydrogen) atoms. The number of esters is 1. The van der Waals surface area contributed by atoms with Crippen molar-refractivity contribution in [3.05, 3.63) is 203 Å². The second kappa shape index (κ2) is 17.3. The molecule has 3 N–H and O–H groups in total. The topological polar surface area (TPSA) is 140 Å². The molecule has 6 aromatic carbocycles. The Kier molecular flexibility index (Phi) is 11.3. The molecule has 11 nitrogen and oxygen atoms in total. The molecule has 2 fully saturated rings. The number of hydrogen-bond donors (Lipinski definition) is 3. The van der Waals surface area contributed by atoms with E-state index < -0.39 is 65.5 Å². The van der Waals surface area contributed by atoms with Gasteiger partial charge >= 0.3 is 18.0 Å². The quantitative estimate of drug-likeness (QED) is 0.0973. The highest BCUT2D eigenvalue weighted by Crippen LogP contribution is 2.66. The molecule has 0 aliphatic carbocycles. The minimum absolute atomic E-state index is 0.0502. The van der Waals surface area contributed by atoms with E-state index >= 15 is 4.79 Å². The zero-order valence-electron chi connectivity index (χ0n) is 35.2. The summed E-state index contributed by atoms with van der Waals surface area (Å²) in [5.74, 6) is 1.62. The van der Waals surface area contributed by atoms with Crippen LogP contribution in [0.1, 0.15) is 70.1 Å². The maximum absolute atomic E-state index is 16.1. The van der Waals surface area contributed by atoms with E-state index in [2.05, 4.69) is 22.1 Å². The van der Waals surface area contributed by atoms with Crippen molar-refractivity contribution in [2.24, 2.45) is 5.92 Å². The Hall–Kier alpha value is -7.52. The van der Waals surface area contributed by atoms with Crippen LogP contribution < -0.4 is 10.2 Å². The number of carbonyl (C=O) groups excluding carboxylic acids is 3. The number of hydrogen-bond acceptors (Lipinski definition) is 8. The molecule has 3 aliphatic heterocycles. The summed E-state index contributed by atoms with van der Waals surface area (Å²) in [6, 6.07) is 44.4. The number of morpholine rings is 1. The number of carboxylic acids is 1. The van der Waals surface area contributed by atoms with Gasteiger partial charge in [0.2, 0.25) is 5.91 Å². The van der Waals surface area contributed by atoms with Crippen molar-refractivity contribution < 1.29 is 34.1 Å². The first-order chi connectivity index (χ1) is 31.1. The van der Waals surface area contributed by atoms with E-state index in [1.54, 1.807) is 37.3 Å². The third-order valence-electron chi connectivity index (χ3n) is 12.7. The van der Waals surface area contributed by atoms with Crippen LogP contribution in [-0.2, 0) is 31.1 Å². The van der Waals surface area contributed by atoms with Crippen molar-refractivity contribution in [1.82, 2.24) is 15.1 Å². The molecule has 6 aromatic rings. The number of carbonyl (C=O) groups is 4. The van der Waals surface area contributed by atoms with E-state index in [4.69, 9.17) is 4.74 Å². The van der Waals surface area contributed by atoms with Gasteiger partial charge in [0.1, 0.15) is 29.2 Å². The third-order valence-corrected chi connectivity index (χ3v) is 12.7. The standard InChI is InChI=1S/C53H46N4O7/c1-34(37-19-9-4-10-20-37)54-52(63)56-43-30-25-35(18-15-31-55(2)33-36-16-7-3-8-17-36)32-42(43)53(51(56)62)44(49(59)60)46-50(61)64-47(39-23-13-6-14-24-39)45(38-21-11-5-12-22-38)57(46)48(53)40-26-28-41(58)29-27-40/h3-14,16-17,19-30,32,34,44-48,58H,31,33H2,1-2H3,(H,54,63)(H,59,60). The number of nitrogens with zero attached hydrogens (tertiary/aromatic N) is 3. The van der Waals surface area contributed by atoms with Gasteiger partial charge < -0.3 is 20.3 Å². The van der Waals surface area contributed by atoms with Gasteiger partial charge in [-0.05, 0) is 77.7 Å². The average molecular weight is 851 g/mol. The summed E-state index contributed by atoms with van der Waals surface area (Å²) in [5.41, 5.74) is 2.55. The number of carboxylic acid groups (broad SMARTS) is 1. The Balaban J connectivity index is 1.26. The van der Waals surface area contributed by atoms with E-state index in [-0.39, 0.29) is 17.0 Å². The number of benzene rings is 6. The van der Waals surface area contributed by atoms with Gasteiger partial charge in [0.05, 0.1) is 30.4 Å². The maximum atomic E-state index is 16.1. The second-order valence-electron chi connectivity index (χ2n) is 16.6. The van der Waals surface area contributed by atoms with Crippen molar-refractivity contribution in [2.75, 3.05) is 18.5 Å². The van der Waals surface area contributed by atoms with Gasteiger partial charge in [-0.1, -0.05) is 145 Å². The first kappa shape index (κ1) is 41.8. The molecule has 11 heteroatoms. The lowest BCUT2D eigenvalue weighted by atomic mass is 9.65. The van der Waals surface area contributed by atoms with Crippen LogP contribution in [0.2, 0.25) is 0 Å². The van der Waals surface area contributed by atoms with Gasteiger partial charge in [-0.2, -0.15) is 0 Å². The van der Waals surface area contributed by atoms with Crippen LogP contribution >= 0.6 is 0 Å². The predicted molar refractivity (Wildman–Crippen MR) is 241 cm³/mol. The molecular weight excluding hydrogens is 805 g/mol. The molecule has 320 valence electrons. The van der Waals surface area contributed by atoms with Crippen LogP contribution in [0.25, 0.3) is 0 Å². The highest BCUT2D eigenvalue weighted by molar-refractivity contribution is 6.24. The molecule has 7 atom stereocenters. The number of phenols is 1. The Morgan fingerprint density at radius 1 is 0.781 bits per heavy atom. The number of rotatable bonds is 9. The van der Waals surface area contributed by atoms with Crippen LogP contribution in [0.5, 0.6) is 5.75 Å². The number of fused-ring (bicyclic) bond motifs is 3. The lowest BCUT2D eigenvalue weighted by Crippen LogP contribution is -2.54. The number of amides is 3. The predicted octanol–water partition coefficient (Wildman–Crippen LogP) is 8.10. The van der Waals surface area contributed by atoms with E-state index in [0.717, 1.165) is 21.6 Å². The number of urea groups is 1. The molecule has 0 saturated carbocycles. The number of imide groups is 1. The normalized spacial score (nSPS) is 22.9. The summed E-state index contributed by atoms with van der Waals surface area (Å²) < 4.78 is 6.37. The highest BCUT2D eigenvalue weighted by Gasteiger charge is 2.76. The molecule has 3 aliphatic rings. The van der Waals surface area contributed by atoms with Gasteiger partial charge in [0.15, 0.2) is 0 Å². The molecular formula is C53H46N4O7. The fourth-order valence-electron chi connectivity index (χ4n) is 9.92. The molecule has 1 spiro atoms. The summed E-state index contributed by atoms with van der Waals surface area (Å²) in [5, 5.41) is 25.2. The molecule has 0 aromatic heterocycles. The molecule has 9 rings (SSSR count). The largest absolute Gasteiger partial charge is 0.508 e. The van der Waals surface area contributed by atoms with E-state index in [1.165, 1.54) is 12.1 Å².